The number of anilines is 1. The largest absolute Gasteiger partial charge is 0.405 e. The lowest BCUT2D eigenvalue weighted by Gasteiger charge is -2.32. The van der Waals surface area contributed by atoms with Crippen LogP contribution in [0.15, 0.2) is 18.2 Å². The van der Waals surface area contributed by atoms with Gasteiger partial charge in [0.25, 0.3) is 0 Å². The van der Waals surface area contributed by atoms with Gasteiger partial charge in [-0.05, 0) is 44.9 Å². The topological polar surface area (TPSA) is 29.3 Å². The molecule has 2 nitrogen and oxygen atoms in total. The van der Waals surface area contributed by atoms with Gasteiger partial charge in [-0.25, -0.2) is 0 Å². The minimum Gasteiger partial charge on any atom is -0.360 e. The van der Waals surface area contributed by atoms with E-state index in [0.717, 1.165) is 5.56 Å². The number of alkyl halides is 3. The molecule has 0 radical (unpaired) electrons. The molecular formula is C14H20ClF3N2. The summed E-state index contributed by atoms with van der Waals surface area (Å²) in [6, 6.07) is 4.57. The third-order valence-electron chi connectivity index (χ3n) is 2.87. The number of benzene rings is 1. The van der Waals surface area contributed by atoms with E-state index in [0.29, 0.717) is 17.1 Å². The van der Waals surface area contributed by atoms with Crippen molar-refractivity contribution in [3.8, 4) is 0 Å². The van der Waals surface area contributed by atoms with Crippen LogP contribution >= 0.6 is 11.6 Å². The van der Waals surface area contributed by atoms with Crippen molar-refractivity contribution in [1.29, 1.82) is 0 Å². The molecule has 1 unspecified atom stereocenters. The highest BCUT2D eigenvalue weighted by Crippen LogP contribution is 2.30. The Bertz CT molecular complexity index is 445. The maximum atomic E-state index is 12.7. The van der Waals surface area contributed by atoms with Gasteiger partial charge in [0.15, 0.2) is 0 Å². The minimum absolute atomic E-state index is 0.130. The van der Waals surface area contributed by atoms with Crippen molar-refractivity contribution in [2.75, 3.05) is 11.4 Å². The van der Waals surface area contributed by atoms with Crippen molar-refractivity contribution < 1.29 is 13.2 Å². The van der Waals surface area contributed by atoms with E-state index in [9.17, 15) is 13.2 Å². The van der Waals surface area contributed by atoms with Crippen LogP contribution in [0.5, 0.6) is 0 Å². The molecule has 0 heterocycles. The Morgan fingerprint density at radius 1 is 1.25 bits per heavy atom. The van der Waals surface area contributed by atoms with Crippen LogP contribution in [0.4, 0.5) is 18.9 Å². The summed E-state index contributed by atoms with van der Waals surface area (Å²) >= 11 is 5.93. The highest BCUT2D eigenvalue weighted by molar-refractivity contribution is 6.30. The average Bonchev–Trinajstić information content (AvgIpc) is 2.26. The second-order valence-electron chi connectivity index (χ2n) is 5.29. The summed E-state index contributed by atoms with van der Waals surface area (Å²) in [5, 5.41) is 0.418. The fourth-order valence-electron chi connectivity index (χ4n) is 2.06. The molecule has 0 aromatic heterocycles. The van der Waals surface area contributed by atoms with Gasteiger partial charge < -0.3 is 10.6 Å². The number of halogens is 4. The van der Waals surface area contributed by atoms with Crippen molar-refractivity contribution in [1.82, 2.24) is 0 Å². The predicted octanol–water partition coefficient (Wildman–Crippen LogP) is 4.01. The monoisotopic (exact) mass is 308 g/mol. The highest BCUT2D eigenvalue weighted by Gasteiger charge is 2.32. The molecule has 0 bridgehead atoms. The van der Waals surface area contributed by atoms with Gasteiger partial charge in [0.2, 0.25) is 0 Å². The SMILES string of the molecule is CC(N)Cc1ccc(Cl)cc1N(CC(F)(F)F)C(C)C. The molecule has 0 spiro atoms. The van der Waals surface area contributed by atoms with Crippen molar-refractivity contribution >= 4 is 17.3 Å². The molecule has 1 atom stereocenters. The Hall–Kier alpha value is -0.940. The second-order valence-corrected chi connectivity index (χ2v) is 5.73. The lowest BCUT2D eigenvalue weighted by molar-refractivity contribution is -0.120. The molecule has 0 saturated carbocycles. The fraction of sp³-hybridized carbons (Fsp3) is 0.571. The van der Waals surface area contributed by atoms with Crippen molar-refractivity contribution in [3.05, 3.63) is 28.8 Å². The van der Waals surface area contributed by atoms with E-state index in [1.165, 1.54) is 4.90 Å². The molecule has 6 heteroatoms. The predicted molar refractivity (Wildman–Crippen MR) is 77.3 cm³/mol. The third-order valence-corrected chi connectivity index (χ3v) is 3.11. The van der Waals surface area contributed by atoms with E-state index in [2.05, 4.69) is 0 Å². The molecule has 2 N–H and O–H groups in total. The second kappa shape index (κ2) is 6.68. The Morgan fingerprint density at radius 2 is 1.85 bits per heavy atom. The van der Waals surface area contributed by atoms with E-state index < -0.39 is 12.7 Å². The zero-order chi connectivity index (χ0) is 15.5. The summed E-state index contributed by atoms with van der Waals surface area (Å²) in [6.07, 6.45) is -3.76. The van der Waals surface area contributed by atoms with Gasteiger partial charge in [-0.2, -0.15) is 13.2 Å². The molecule has 0 aliphatic heterocycles. The van der Waals surface area contributed by atoms with Crippen LogP contribution in [0.3, 0.4) is 0 Å². The van der Waals surface area contributed by atoms with Crippen LogP contribution in [-0.4, -0.2) is 24.8 Å². The van der Waals surface area contributed by atoms with Crippen LogP contribution in [0.1, 0.15) is 26.3 Å². The molecule has 0 aliphatic carbocycles. The first-order valence-corrected chi connectivity index (χ1v) is 6.85. The van der Waals surface area contributed by atoms with Crippen LogP contribution in [0, 0.1) is 0 Å². The Kier molecular flexibility index (Phi) is 5.71. The van der Waals surface area contributed by atoms with Gasteiger partial charge in [0.1, 0.15) is 6.54 Å². The molecule has 0 amide bonds. The number of hydrogen-bond donors (Lipinski definition) is 1. The molecule has 1 rings (SSSR count). The summed E-state index contributed by atoms with van der Waals surface area (Å²) < 4.78 is 38.2. The number of nitrogens with zero attached hydrogens (tertiary/aromatic N) is 1. The van der Waals surface area contributed by atoms with Crippen molar-refractivity contribution in [2.45, 2.75) is 45.5 Å². The van der Waals surface area contributed by atoms with Crippen LogP contribution in [0.25, 0.3) is 0 Å². The summed E-state index contributed by atoms with van der Waals surface area (Å²) in [4.78, 5) is 1.31. The Morgan fingerprint density at radius 3 is 2.30 bits per heavy atom. The summed E-state index contributed by atoms with van der Waals surface area (Å²) in [5.74, 6) is 0. The number of nitrogens with two attached hydrogens (primary N) is 1. The van der Waals surface area contributed by atoms with E-state index in [1.807, 2.05) is 6.92 Å². The Labute approximate surface area is 122 Å². The van der Waals surface area contributed by atoms with Gasteiger partial charge in [0.05, 0.1) is 0 Å². The van der Waals surface area contributed by atoms with Crippen LogP contribution in [-0.2, 0) is 6.42 Å². The maximum absolute atomic E-state index is 12.7. The lowest BCUT2D eigenvalue weighted by atomic mass is 10.0. The van der Waals surface area contributed by atoms with Gasteiger partial charge in [-0.3, -0.25) is 0 Å². The van der Waals surface area contributed by atoms with E-state index in [1.54, 1.807) is 32.0 Å². The van der Waals surface area contributed by atoms with E-state index in [4.69, 9.17) is 17.3 Å². The minimum atomic E-state index is -4.27. The van der Waals surface area contributed by atoms with Gasteiger partial charge in [0, 0.05) is 22.8 Å². The Balaban J connectivity index is 3.20. The van der Waals surface area contributed by atoms with Crippen molar-refractivity contribution in [2.24, 2.45) is 5.73 Å². The lowest BCUT2D eigenvalue weighted by Crippen LogP contribution is -2.40. The maximum Gasteiger partial charge on any atom is 0.405 e. The smallest absolute Gasteiger partial charge is 0.360 e. The van der Waals surface area contributed by atoms with E-state index >= 15 is 0 Å². The molecule has 20 heavy (non-hydrogen) atoms. The van der Waals surface area contributed by atoms with Crippen LogP contribution < -0.4 is 10.6 Å². The van der Waals surface area contributed by atoms with Gasteiger partial charge in [-0.15, -0.1) is 0 Å². The standard InChI is InChI=1S/C14H20ClF3N2/c1-9(2)20(8-14(16,17)18)13-7-12(15)5-4-11(13)6-10(3)19/h4-5,7,9-10H,6,8,19H2,1-3H3. The zero-order valence-corrected chi connectivity index (χ0v) is 12.6. The zero-order valence-electron chi connectivity index (χ0n) is 11.8. The third kappa shape index (κ3) is 5.21. The first kappa shape index (κ1) is 17.1. The quantitative estimate of drug-likeness (QED) is 0.890. The molecule has 0 fully saturated rings. The van der Waals surface area contributed by atoms with Crippen LogP contribution in [0.2, 0.25) is 5.02 Å². The highest BCUT2D eigenvalue weighted by atomic mass is 35.5. The number of rotatable bonds is 5. The van der Waals surface area contributed by atoms with Gasteiger partial charge in [-0.1, -0.05) is 17.7 Å². The molecule has 1 aromatic carbocycles. The van der Waals surface area contributed by atoms with E-state index in [-0.39, 0.29) is 12.1 Å². The first-order valence-electron chi connectivity index (χ1n) is 6.47. The molecule has 114 valence electrons. The summed E-state index contributed by atoms with van der Waals surface area (Å²) in [5.41, 5.74) is 7.04. The molecule has 0 saturated heterocycles. The van der Waals surface area contributed by atoms with Crippen molar-refractivity contribution in [3.63, 3.8) is 0 Å². The molecular weight excluding hydrogens is 289 g/mol. The summed E-state index contributed by atoms with van der Waals surface area (Å²) in [6.45, 7) is 4.27. The summed E-state index contributed by atoms with van der Waals surface area (Å²) in [7, 11) is 0. The molecule has 1 aromatic rings. The fourth-order valence-corrected chi connectivity index (χ4v) is 2.23. The average molecular weight is 309 g/mol. The molecule has 0 aliphatic rings. The first-order chi connectivity index (χ1) is 9.10. The normalized spacial score (nSPS) is 13.7. The number of hydrogen-bond acceptors (Lipinski definition) is 2. The van der Waals surface area contributed by atoms with Gasteiger partial charge >= 0.3 is 6.18 Å².